The van der Waals surface area contributed by atoms with Crippen LogP contribution in [0.2, 0.25) is 0 Å². The molecule has 2 aromatic rings. The highest BCUT2D eigenvalue weighted by molar-refractivity contribution is 5.93. The predicted molar refractivity (Wildman–Crippen MR) is 66.8 cm³/mol. The Labute approximate surface area is 121 Å². The van der Waals surface area contributed by atoms with Gasteiger partial charge in [0.05, 0.1) is 0 Å². The molecule has 2 N–H and O–H groups in total. The van der Waals surface area contributed by atoms with E-state index in [1.54, 1.807) is 6.07 Å². The van der Waals surface area contributed by atoms with Gasteiger partial charge in [0.25, 0.3) is 5.95 Å². The molecule has 1 aromatic heterocycles. The topological polar surface area (TPSA) is 92.8 Å². The maximum absolute atomic E-state index is 12.4. The fraction of sp³-hybridized carbons (Fsp3) is 0.333. The lowest BCUT2D eigenvalue weighted by Gasteiger charge is -2.12. The average molecular weight is 313 g/mol. The number of hydrogen-bond donors (Lipinski definition) is 2. The zero-order valence-corrected chi connectivity index (χ0v) is 11.0. The molecule has 116 valence electrons. The molecule has 1 aromatic carbocycles. The third-order valence-electron chi connectivity index (χ3n) is 3.25. The third-order valence-corrected chi connectivity index (χ3v) is 3.25. The van der Waals surface area contributed by atoms with E-state index < -0.39 is 12.3 Å². The number of anilines is 1. The summed E-state index contributed by atoms with van der Waals surface area (Å²) in [5.74, 6) is -1.40. The van der Waals surface area contributed by atoms with Crippen LogP contribution in [0.3, 0.4) is 0 Å². The number of carbonyl (C=O) groups is 1. The molecular weight excluding hydrogens is 303 g/mol. The fourth-order valence-corrected chi connectivity index (χ4v) is 2.25. The zero-order valence-electron chi connectivity index (χ0n) is 11.0. The van der Waals surface area contributed by atoms with E-state index in [2.05, 4.69) is 30.7 Å². The molecule has 1 heterocycles. The van der Waals surface area contributed by atoms with Gasteiger partial charge in [-0.1, -0.05) is 23.3 Å². The van der Waals surface area contributed by atoms with Crippen molar-refractivity contribution in [2.75, 3.05) is 5.32 Å². The Morgan fingerprint density at radius 3 is 2.82 bits per heavy atom. The molecule has 10 heteroatoms. The number of benzene rings is 1. The Kier molecular flexibility index (Phi) is 3.43. The molecule has 0 unspecified atom stereocenters. The zero-order chi connectivity index (χ0) is 15.7. The third kappa shape index (κ3) is 3.15. The van der Waals surface area contributed by atoms with E-state index in [0.29, 0.717) is 12.0 Å². The number of halogens is 3. The Morgan fingerprint density at radius 1 is 1.36 bits per heavy atom. The van der Waals surface area contributed by atoms with Crippen molar-refractivity contribution in [2.45, 2.75) is 18.7 Å². The van der Waals surface area contributed by atoms with E-state index in [9.17, 15) is 18.0 Å². The van der Waals surface area contributed by atoms with Crippen molar-refractivity contribution in [1.82, 2.24) is 20.6 Å². The van der Waals surface area contributed by atoms with Gasteiger partial charge in [-0.05, 0) is 29.2 Å². The van der Waals surface area contributed by atoms with E-state index in [1.807, 2.05) is 0 Å². The first-order valence-corrected chi connectivity index (χ1v) is 6.33. The van der Waals surface area contributed by atoms with Gasteiger partial charge in [0, 0.05) is 5.92 Å². The minimum Gasteiger partial charge on any atom is -0.405 e. The highest BCUT2D eigenvalue weighted by Gasteiger charge is 2.46. The van der Waals surface area contributed by atoms with Crippen molar-refractivity contribution in [3.63, 3.8) is 0 Å². The quantitative estimate of drug-likeness (QED) is 0.898. The van der Waals surface area contributed by atoms with Crippen LogP contribution in [0.4, 0.5) is 19.1 Å². The van der Waals surface area contributed by atoms with Crippen LogP contribution in [0.5, 0.6) is 5.75 Å². The highest BCUT2D eigenvalue weighted by Crippen LogP contribution is 2.51. The van der Waals surface area contributed by atoms with Crippen LogP contribution in [0.25, 0.3) is 0 Å². The summed E-state index contributed by atoms with van der Waals surface area (Å²) in [4.78, 5) is 12.0. The number of nitrogens with zero attached hydrogens (tertiary/aromatic N) is 3. The first kappa shape index (κ1) is 14.3. The monoisotopic (exact) mass is 313 g/mol. The Hall–Kier alpha value is -2.65. The second-order valence-electron chi connectivity index (χ2n) is 4.76. The van der Waals surface area contributed by atoms with Crippen molar-refractivity contribution in [1.29, 1.82) is 0 Å². The van der Waals surface area contributed by atoms with Crippen molar-refractivity contribution >= 4 is 11.9 Å². The molecule has 1 aliphatic carbocycles. The van der Waals surface area contributed by atoms with Crippen LogP contribution < -0.4 is 10.1 Å². The summed E-state index contributed by atoms with van der Waals surface area (Å²) in [6.07, 6.45) is -4.34. The van der Waals surface area contributed by atoms with Crippen molar-refractivity contribution in [3.05, 3.63) is 29.8 Å². The lowest BCUT2D eigenvalue weighted by molar-refractivity contribution is -0.274. The standard InChI is InChI=1S/C12H10F3N5O2/c13-12(14,15)22-9-4-2-1-3-6(9)7-5-8(7)10(21)16-11-17-19-20-18-11/h1-4,7-8H,5H2,(H2,16,17,18,19,20,21)/t7-,8+/m0/s1. The summed E-state index contributed by atoms with van der Waals surface area (Å²) in [6.45, 7) is 0. The highest BCUT2D eigenvalue weighted by atomic mass is 19.4. The molecule has 0 spiro atoms. The van der Waals surface area contributed by atoms with E-state index >= 15 is 0 Å². The molecule has 0 saturated heterocycles. The average Bonchev–Trinajstić information content (AvgIpc) is 3.08. The number of aromatic amines is 1. The van der Waals surface area contributed by atoms with Gasteiger partial charge in [-0.25, -0.2) is 0 Å². The number of para-hydroxylation sites is 1. The predicted octanol–water partition coefficient (Wildman–Crippen LogP) is 1.84. The second kappa shape index (κ2) is 5.28. The molecule has 1 saturated carbocycles. The largest absolute Gasteiger partial charge is 0.573 e. The number of amides is 1. The van der Waals surface area contributed by atoms with Crippen LogP contribution in [0, 0.1) is 5.92 Å². The fourth-order valence-electron chi connectivity index (χ4n) is 2.25. The maximum atomic E-state index is 12.4. The van der Waals surface area contributed by atoms with Crippen LogP contribution in [0.15, 0.2) is 24.3 Å². The number of hydrogen-bond acceptors (Lipinski definition) is 5. The van der Waals surface area contributed by atoms with Crippen LogP contribution in [0.1, 0.15) is 17.9 Å². The minimum atomic E-state index is -4.77. The maximum Gasteiger partial charge on any atom is 0.573 e. The minimum absolute atomic E-state index is 0.0236. The molecule has 0 radical (unpaired) electrons. The Bertz CT molecular complexity index is 674. The Balaban J connectivity index is 1.70. The van der Waals surface area contributed by atoms with Crippen LogP contribution in [-0.4, -0.2) is 32.9 Å². The summed E-state index contributed by atoms with van der Waals surface area (Å²) >= 11 is 0. The molecule has 7 nitrogen and oxygen atoms in total. The molecule has 1 amide bonds. The number of rotatable bonds is 4. The molecule has 22 heavy (non-hydrogen) atoms. The summed E-state index contributed by atoms with van der Waals surface area (Å²) < 4.78 is 41.2. The smallest absolute Gasteiger partial charge is 0.405 e. The Morgan fingerprint density at radius 2 is 2.14 bits per heavy atom. The van der Waals surface area contributed by atoms with Gasteiger partial charge < -0.3 is 4.74 Å². The van der Waals surface area contributed by atoms with E-state index in [0.717, 1.165) is 0 Å². The number of nitrogens with one attached hydrogen (secondary N) is 2. The summed E-state index contributed by atoms with van der Waals surface area (Å²) in [6, 6.07) is 5.80. The van der Waals surface area contributed by atoms with Gasteiger partial charge in [0.15, 0.2) is 0 Å². The lowest BCUT2D eigenvalue weighted by Crippen LogP contribution is -2.18. The van der Waals surface area contributed by atoms with Gasteiger partial charge in [-0.3, -0.25) is 10.1 Å². The van der Waals surface area contributed by atoms with Crippen LogP contribution >= 0.6 is 0 Å². The summed E-state index contributed by atoms with van der Waals surface area (Å²) in [5.41, 5.74) is 0.355. The molecule has 0 aliphatic heterocycles. The van der Waals surface area contributed by atoms with Gasteiger partial charge in [0.2, 0.25) is 5.91 Å². The van der Waals surface area contributed by atoms with Crippen molar-refractivity contribution < 1.29 is 22.7 Å². The number of carbonyl (C=O) groups excluding carboxylic acids is 1. The van der Waals surface area contributed by atoms with E-state index in [4.69, 9.17) is 0 Å². The molecule has 1 fully saturated rings. The van der Waals surface area contributed by atoms with Crippen molar-refractivity contribution in [2.24, 2.45) is 5.92 Å². The first-order valence-electron chi connectivity index (χ1n) is 6.33. The molecule has 0 bridgehead atoms. The van der Waals surface area contributed by atoms with Gasteiger partial charge in [-0.15, -0.1) is 18.3 Å². The number of tetrazole rings is 1. The number of aromatic nitrogens is 4. The number of ether oxygens (including phenoxy) is 1. The first-order chi connectivity index (χ1) is 10.4. The lowest BCUT2D eigenvalue weighted by atomic mass is 10.1. The number of H-pyrrole nitrogens is 1. The SMILES string of the molecule is O=C(Nc1nn[nH]n1)[C@@H]1C[C@H]1c1ccccc1OC(F)(F)F. The molecule has 1 aliphatic rings. The van der Waals surface area contributed by atoms with Crippen LogP contribution in [-0.2, 0) is 4.79 Å². The summed E-state index contributed by atoms with van der Waals surface area (Å²) in [5, 5.41) is 15.1. The van der Waals surface area contributed by atoms with Gasteiger partial charge >= 0.3 is 6.36 Å². The van der Waals surface area contributed by atoms with Gasteiger partial charge in [-0.2, -0.15) is 5.21 Å². The summed E-state index contributed by atoms with van der Waals surface area (Å²) in [7, 11) is 0. The van der Waals surface area contributed by atoms with Crippen molar-refractivity contribution in [3.8, 4) is 5.75 Å². The molecule has 3 rings (SSSR count). The number of alkyl halides is 3. The second-order valence-corrected chi connectivity index (χ2v) is 4.76. The normalized spacial score (nSPS) is 20.5. The van der Waals surface area contributed by atoms with Gasteiger partial charge in [0.1, 0.15) is 5.75 Å². The van der Waals surface area contributed by atoms with E-state index in [1.165, 1.54) is 18.2 Å². The molecular formula is C12H10F3N5O2. The van der Waals surface area contributed by atoms with E-state index in [-0.39, 0.29) is 23.5 Å². The molecule has 2 atom stereocenters.